The van der Waals surface area contributed by atoms with E-state index >= 15 is 0 Å². The van der Waals surface area contributed by atoms with E-state index in [0.29, 0.717) is 0 Å². The van der Waals surface area contributed by atoms with Crippen LogP contribution in [0.15, 0.2) is 49.6 Å². The van der Waals surface area contributed by atoms with E-state index in [0.717, 1.165) is 24.0 Å². The minimum absolute atomic E-state index is 0.831. The maximum atomic E-state index is 3.76. The molecule has 0 aliphatic heterocycles. The van der Waals surface area contributed by atoms with Crippen molar-refractivity contribution in [3.05, 3.63) is 60.7 Å². The number of allylic oxidation sites excluding steroid dienone is 4. The van der Waals surface area contributed by atoms with E-state index in [4.69, 9.17) is 0 Å². The molecule has 2 heteroatoms. The van der Waals surface area contributed by atoms with E-state index in [-0.39, 0.29) is 0 Å². The number of hydrogen-bond acceptors (Lipinski definition) is 0. The molecule has 0 aliphatic carbocycles. The summed E-state index contributed by atoms with van der Waals surface area (Å²) in [5.74, 6) is 0. The average Bonchev–Trinajstić information content (AvgIpc) is 2.42. The van der Waals surface area contributed by atoms with Gasteiger partial charge in [0.15, 0.2) is 0 Å². The fraction of sp³-hybridized carbons (Fsp3) is 0.125. The van der Waals surface area contributed by atoms with Crippen molar-refractivity contribution in [2.75, 3.05) is 0 Å². The molecule has 0 atom stereocenters. The van der Waals surface area contributed by atoms with E-state index in [1.807, 2.05) is 12.2 Å². The molecule has 0 N–H and O–H groups in total. The van der Waals surface area contributed by atoms with Crippen LogP contribution in [0.3, 0.4) is 0 Å². The Hall–Kier alpha value is -0.753. The molecule has 0 unspecified atom stereocenters. The van der Waals surface area contributed by atoms with E-state index in [1.54, 1.807) is 0 Å². The van der Waals surface area contributed by atoms with Crippen LogP contribution >= 0.6 is 0 Å². The van der Waals surface area contributed by atoms with Crippen molar-refractivity contribution in [2.24, 2.45) is 0 Å². The van der Waals surface area contributed by atoms with Gasteiger partial charge in [-0.1, -0.05) is 0 Å². The molecule has 0 bridgehead atoms. The van der Waals surface area contributed by atoms with Crippen molar-refractivity contribution in [3.63, 3.8) is 0 Å². The maximum absolute atomic E-state index is 3.76. The molecule has 0 fully saturated rings. The molecule has 0 saturated heterocycles. The molecule has 0 aromatic heterocycles. The second kappa shape index (κ2) is 8.37. The first-order chi connectivity index (χ1) is 8.76. The standard InChI is InChI=1S/C16H14.2Ru/c1-5-7-13(3)15-9-11-16(12-10-15)14(4)8-6-2;;/h5-6,9-12H,1-2,7-8H2;;/q;2*+1. The van der Waals surface area contributed by atoms with E-state index in [1.165, 1.54) is 11.1 Å². The van der Waals surface area contributed by atoms with Crippen LogP contribution in [0, 0.1) is 0 Å². The molecule has 1 aromatic carbocycles. The summed E-state index contributed by atoms with van der Waals surface area (Å²) in [4.78, 5) is 0. The Balaban J connectivity index is 3.05. The second-order valence-electron chi connectivity index (χ2n) is 3.70. The molecule has 0 saturated carbocycles. The fourth-order valence-corrected chi connectivity index (χ4v) is 2.43. The second-order valence-corrected chi connectivity index (χ2v) is 4.57. The summed E-state index contributed by atoms with van der Waals surface area (Å²) in [7, 11) is 0. The first-order valence-electron chi connectivity index (χ1n) is 5.52. The summed E-state index contributed by atoms with van der Waals surface area (Å²) in [5.41, 5.74) is 4.66. The van der Waals surface area contributed by atoms with Gasteiger partial charge in [0.05, 0.1) is 0 Å². The summed E-state index contributed by atoms with van der Waals surface area (Å²) in [6, 6.07) is 8.44. The molecule has 0 heterocycles. The van der Waals surface area contributed by atoms with E-state index in [9.17, 15) is 0 Å². The zero-order valence-electron chi connectivity index (χ0n) is 10.00. The molecule has 1 rings (SSSR count). The molecular weight excluding hydrogens is 394 g/mol. The topological polar surface area (TPSA) is 0 Å². The molecule has 0 spiro atoms. The minimum atomic E-state index is 0.831. The average molecular weight is 408 g/mol. The van der Waals surface area contributed by atoms with E-state index in [2.05, 4.69) is 81.7 Å². The Kier molecular flexibility index (Phi) is 7.11. The number of hydrogen-bond donors (Lipinski definition) is 0. The van der Waals surface area contributed by atoms with Crippen molar-refractivity contribution in [1.82, 2.24) is 0 Å². The summed E-state index contributed by atoms with van der Waals surface area (Å²) >= 11 is 4.87. The molecule has 0 aliphatic rings. The van der Waals surface area contributed by atoms with Gasteiger partial charge in [-0.25, -0.2) is 0 Å². The summed E-state index contributed by atoms with van der Waals surface area (Å²) in [6.45, 7) is 7.52. The molecule has 92 valence electrons. The molecule has 0 nitrogen and oxygen atoms in total. The van der Waals surface area contributed by atoms with Gasteiger partial charge in [0, 0.05) is 0 Å². The third-order valence-corrected chi connectivity index (χ3v) is 3.54. The van der Waals surface area contributed by atoms with Gasteiger partial charge in [-0.15, -0.1) is 0 Å². The van der Waals surface area contributed by atoms with Crippen molar-refractivity contribution >= 4 is 19.7 Å². The number of rotatable bonds is 6. The zero-order chi connectivity index (χ0) is 13.4. The molecule has 1 aromatic rings. The molecule has 0 radical (unpaired) electrons. The van der Waals surface area contributed by atoms with Crippen LogP contribution in [0.4, 0.5) is 0 Å². The SMILES string of the molecule is C=CCC(=[C]=[Ru+])c1ccc(C(=[C]=[Ru+])CC=C)cc1. The van der Waals surface area contributed by atoms with Crippen molar-refractivity contribution < 1.29 is 35.7 Å². The molecular formula is C16H14Ru2+2. The Morgan fingerprint density at radius 2 is 1.22 bits per heavy atom. The van der Waals surface area contributed by atoms with Gasteiger partial charge in [0.25, 0.3) is 0 Å². The van der Waals surface area contributed by atoms with Crippen LogP contribution in [0.5, 0.6) is 0 Å². The van der Waals surface area contributed by atoms with Gasteiger partial charge in [-0.3, -0.25) is 0 Å². The van der Waals surface area contributed by atoms with Crippen LogP contribution in [-0.4, -0.2) is 8.53 Å². The van der Waals surface area contributed by atoms with Crippen LogP contribution < -0.4 is 0 Å². The third-order valence-electron chi connectivity index (χ3n) is 2.49. The Morgan fingerprint density at radius 3 is 1.44 bits per heavy atom. The van der Waals surface area contributed by atoms with Gasteiger partial charge in [0.1, 0.15) is 0 Å². The van der Waals surface area contributed by atoms with Gasteiger partial charge < -0.3 is 0 Å². The van der Waals surface area contributed by atoms with Gasteiger partial charge in [-0.2, -0.15) is 0 Å². The molecule has 18 heavy (non-hydrogen) atoms. The van der Waals surface area contributed by atoms with Crippen LogP contribution in [-0.2, 0) is 35.7 Å². The first-order valence-corrected chi connectivity index (χ1v) is 7.25. The Labute approximate surface area is 128 Å². The van der Waals surface area contributed by atoms with Crippen molar-refractivity contribution in [1.29, 1.82) is 0 Å². The van der Waals surface area contributed by atoms with Gasteiger partial charge >= 0.3 is 129 Å². The fourth-order valence-electron chi connectivity index (χ4n) is 1.57. The van der Waals surface area contributed by atoms with Crippen LogP contribution in [0.1, 0.15) is 24.0 Å². The predicted molar refractivity (Wildman–Crippen MR) is 72.9 cm³/mol. The normalized spacial score (nSPS) is 8.89. The van der Waals surface area contributed by atoms with Gasteiger partial charge in [-0.05, 0) is 0 Å². The zero-order valence-corrected chi connectivity index (χ0v) is 13.5. The van der Waals surface area contributed by atoms with Crippen molar-refractivity contribution in [2.45, 2.75) is 12.8 Å². The van der Waals surface area contributed by atoms with E-state index < -0.39 is 0 Å². The Bertz CT molecular complexity index is 486. The molecule has 0 amide bonds. The van der Waals surface area contributed by atoms with Crippen LogP contribution in [0.25, 0.3) is 11.1 Å². The van der Waals surface area contributed by atoms with Gasteiger partial charge in [0.2, 0.25) is 0 Å². The summed E-state index contributed by atoms with van der Waals surface area (Å²) in [6.07, 6.45) is 5.45. The number of benzene rings is 1. The Morgan fingerprint density at radius 1 is 0.889 bits per heavy atom. The predicted octanol–water partition coefficient (Wildman–Crippen LogP) is 3.50. The third kappa shape index (κ3) is 4.17. The first kappa shape index (κ1) is 15.3. The summed E-state index contributed by atoms with van der Waals surface area (Å²) < 4.78 is 6.28. The quantitative estimate of drug-likeness (QED) is 0.499. The summed E-state index contributed by atoms with van der Waals surface area (Å²) in [5, 5.41) is 0. The van der Waals surface area contributed by atoms with Crippen LogP contribution in [0.2, 0.25) is 0 Å². The van der Waals surface area contributed by atoms with Crippen molar-refractivity contribution in [3.8, 4) is 0 Å². The monoisotopic (exact) mass is 410 g/mol.